The van der Waals surface area contributed by atoms with Crippen molar-refractivity contribution in [3.05, 3.63) is 23.8 Å². The molecular formula is C10H13N7O. The number of fused-ring (bicyclic) bond motifs is 1. The molecule has 8 heteroatoms. The average molecular weight is 247 g/mol. The summed E-state index contributed by atoms with van der Waals surface area (Å²) >= 11 is 0. The van der Waals surface area contributed by atoms with E-state index < -0.39 is 0 Å². The first-order valence-electron chi connectivity index (χ1n) is 5.85. The maximum absolute atomic E-state index is 12.2. The topological polar surface area (TPSA) is 92.6 Å². The van der Waals surface area contributed by atoms with Crippen molar-refractivity contribution >= 4 is 5.91 Å². The number of amides is 1. The van der Waals surface area contributed by atoms with Gasteiger partial charge in [0.25, 0.3) is 5.91 Å². The lowest BCUT2D eigenvalue weighted by atomic mass is 10.3. The minimum absolute atomic E-state index is 0.166. The highest BCUT2D eigenvalue weighted by Crippen LogP contribution is 2.11. The molecule has 2 aromatic heterocycles. The van der Waals surface area contributed by atoms with Gasteiger partial charge in [-0.05, 0) is 0 Å². The van der Waals surface area contributed by atoms with Gasteiger partial charge >= 0.3 is 0 Å². The zero-order valence-corrected chi connectivity index (χ0v) is 10.00. The van der Waals surface area contributed by atoms with Crippen LogP contribution in [0.2, 0.25) is 0 Å². The van der Waals surface area contributed by atoms with Gasteiger partial charge in [-0.25, -0.2) is 4.98 Å². The van der Waals surface area contributed by atoms with Crippen molar-refractivity contribution in [1.29, 1.82) is 0 Å². The summed E-state index contributed by atoms with van der Waals surface area (Å²) in [5, 5.41) is 14.5. The molecule has 1 amide bonds. The Morgan fingerprint density at radius 3 is 3.17 bits per heavy atom. The molecule has 0 unspecified atom stereocenters. The highest BCUT2D eigenvalue weighted by atomic mass is 16.2. The standard InChI is InChI=1S/C10H13N7O/c1-2-7-12-9(15-13-7)10(18)16-3-4-17-6-11-14-8(17)5-16/h6H,2-5H2,1H3,(H,12,13,15). The van der Waals surface area contributed by atoms with Crippen LogP contribution in [-0.4, -0.2) is 47.3 Å². The molecule has 3 heterocycles. The van der Waals surface area contributed by atoms with Gasteiger partial charge in [0.05, 0.1) is 6.54 Å². The SMILES string of the molecule is CCc1nc(C(=O)N2CCn3cnnc3C2)n[nH]1. The van der Waals surface area contributed by atoms with Gasteiger partial charge in [-0.15, -0.1) is 15.3 Å². The molecule has 3 rings (SSSR count). The van der Waals surface area contributed by atoms with Crippen molar-refractivity contribution < 1.29 is 4.79 Å². The van der Waals surface area contributed by atoms with Crippen molar-refractivity contribution in [2.24, 2.45) is 0 Å². The summed E-state index contributed by atoms with van der Waals surface area (Å²) in [6.07, 6.45) is 2.41. The Labute approximate surface area is 103 Å². The van der Waals surface area contributed by atoms with Crippen LogP contribution < -0.4 is 0 Å². The lowest BCUT2D eigenvalue weighted by Crippen LogP contribution is -2.38. The average Bonchev–Trinajstić information content (AvgIpc) is 3.05. The molecule has 2 aromatic rings. The monoisotopic (exact) mass is 247 g/mol. The molecule has 0 saturated carbocycles. The van der Waals surface area contributed by atoms with E-state index in [1.54, 1.807) is 11.2 Å². The maximum Gasteiger partial charge on any atom is 0.293 e. The number of H-pyrrole nitrogens is 1. The summed E-state index contributed by atoms with van der Waals surface area (Å²) < 4.78 is 1.94. The van der Waals surface area contributed by atoms with E-state index in [1.807, 2.05) is 11.5 Å². The first-order chi connectivity index (χ1) is 8.78. The van der Waals surface area contributed by atoms with Gasteiger partial charge in [0.15, 0.2) is 5.82 Å². The van der Waals surface area contributed by atoms with Crippen LogP contribution >= 0.6 is 0 Å². The quantitative estimate of drug-likeness (QED) is 0.780. The van der Waals surface area contributed by atoms with Crippen LogP contribution in [0.15, 0.2) is 6.33 Å². The third kappa shape index (κ3) is 1.75. The van der Waals surface area contributed by atoms with Gasteiger partial charge < -0.3 is 9.47 Å². The Bertz CT molecular complexity index is 572. The largest absolute Gasteiger partial charge is 0.327 e. The Balaban J connectivity index is 1.78. The number of nitrogens with one attached hydrogen (secondary N) is 1. The second-order valence-corrected chi connectivity index (χ2v) is 4.13. The predicted molar refractivity (Wildman–Crippen MR) is 60.5 cm³/mol. The van der Waals surface area contributed by atoms with Gasteiger partial charge in [-0.3, -0.25) is 9.89 Å². The molecule has 1 aliphatic rings. The molecule has 8 nitrogen and oxygen atoms in total. The highest BCUT2D eigenvalue weighted by molar-refractivity contribution is 5.90. The van der Waals surface area contributed by atoms with Crippen LogP contribution in [-0.2, 0) is 19.5 Å². The molecule has 0 saturated heterocycles. The van der Waals surface area contributed by atoms with E-state index >= 15 is 0 Å². The maximum atomic E-state index is 12.2. The van der Waals surface area contributed by atoms with Crippen LogP contribution in [0, 0.1) is 0 Å². The number of carbonyl (C=O) groups excluding carboxylic acids is 1. The van der Waals surface area contributed by atoms with Gasteiger partial charge in [-0.2, -0.15) is 0 Å². The number of rotatable bonds is 2. The molecule has 1 N–H and O–H groups in total. The smallest absolute Gasteiger partial charge is 0.293 e. The van der Waals surface area contributed by atoms with E-state index in [0.29, 0.717) is 19.6 Å². The van der Waals surface area contributed by atoms with Gasteiger partial charge in [0.2, 0.25) is 5.82 Å². The third-order valence-corrected chi connectivity index (χ3v) is 2.98. The molecular weight excluding hydrogens is 234 g/mol. The van der Waals surface area contributed by atoms with Crippen molar-refractivity contribution in [3.63, 3.8) is 0 Å². The Morgan fingerprint density at radius 2 is 2.39 bits per heavy atom. The van der Waals surface area contributed by atoms with Crippen LogP contribution in [0.4, 0.5) is 0 Å². The van der Waals surface area contributed by atoms with Crippen molar-refractivity contribution in [1.82, 2.24) is 34.8 Å². The molecule has 18 heavy (non-hydrogen) atoms. The summed E-state index contributed by atoms with van der Waals surface area (Å²) in [4.78, 5) is 18.0. The highest BCUT2D eigenvalue weighted by Gasteiger charge is 2.25. The molecule has 94 valence electrons. The van der Waals surface area contributed by atoms with E-state index in [2.05, 4.69) is 25.4 Å². The summed E-state index contributed by atoms with van der Waals surface area (Å²) in [5.74, 6) is 1.57. The van der Waals surface area contributed by atoms with Gasteiger partial charge in [-0.1, -0.05) is 6.92 Å². The summed E-state index contributed by atoms with van der Waals surface area (Å²) in [6, 6.07) is 0. The Morgan fingerprint density at radius 1 is 1.50 bits per heavy atom. The van der Waals surface area contributed by atoms with Crippen molar-refractivity contribution in [2.75, 3.05) is 6.54 Å². The zero-order valence-electron chi connectivity index (χ0n) is 10.00. The van der Waals surface area contributed by atoms with Crippen LogP contribution in [0.1, 0.15) is 29.2 Å². The molecule has 0 aliphatic carbocycles. The number of nitrogens with zero attached hydrogens (tertiary/aromatic N) is 6. The second kappa shape index (κ2) is 4.21. The fraction of sp³-hybridized carbons (Fsp3) is 0.500. The molecule has 1 aliphatic heterocycles. The lowest BCUT2D eigenvalue weighted by Gasteiger charge is -2.25. The van der Waals surface area contributed by atoms with E-state index in [9.17, 15) is 4.79 Å². The number of hydrogen-bond donors (Lipinski definition) is 1. The fourth-order valence-electron chi connectivity index (χ4n) is 1.93. The van der Waals surface area contributed by atoms with E-state index in [1.165, 1.54) is 0 Å². The number of aromatic amines is 1. The number of hydrogen-bond acceptors (Lipinski definition) is 5. The molecule has 0 aromatic carbocycles. The second-order valence-electron chi connectivity index (χ2n) is 4.13. The van der Waals surface area contributed by atoms with Gasteiger partial charge in [0.1, 0.15) is 12.2 Å². The first-order valence-corrected chi connectivity index (χ1v) is 5.85. The van der Waals surface area contributed by atoms with Crippen LogP contribution in [0.25, 0.3) is 0 Å². The minimum atomic E-state index is -0.166. The molecule has 0 radical (unpaired) electrons. The lowest BCUT2D eigenvalue weighted by molar-refractivity contribution is 0.0695. The summed E-state index contributed by atoms with van der Waals surface area (Å²) in [6.45, 7) is 3.74. The normalized spacial score (nSPS) is 14.6. The first kappa shape index (κ1) is 10.9. The number of aryl methyl sites for hydroxylation is 1. The molecule has 0 spiro atoms. The van der Waals surface area contributed by atoms with Crippen LogP contribution in [0.3, 0.4) is 0 Å². The van der Waals surface area contributed by atoms with E-state index in [-0.39, 0.29) is 11.7 Å². The Hall–Kier alpha value is -2.25. The van der Waals surface area contributed by atoms with E-state index in [4.69, 9.17) is 0 Å². The van der Waals surface area contributed by atoms with Gasteiger partial charge in [0, 0.05) is 19.5 Å². The third-order valence-electron chi connectivity index (χ3n) is 2.98. The number of aromatic nitrogens is 6. The summed E-state index contributed by atoms with van der Waals surface area (Å²) in [5.41, 5.74) is 0. The van der Waals surface area contributed by atoms with Crippen molar-refractivity contribution in [3.8, 4) is 0 Å². The van der Waals surface area contributed by atoms with Crippen LogP contribution in [0.5, 0.6) is 0 Å². The molecule has 0 fully saturated rings. The van der Waals surface area contributed by atoms with E-state index in [0.717, 1.165) is 18.1 Å². The molecule has 0 bridgehead atoms. The number of carbonyl (C=O) groups is 1. The zero-order chi connectivity index (χ0) is 12.5. The molecule has 0 atom stereocenters. The minimum Gasteiger partial charge on any atom is -0.327 e. The predicted octanol–water partition coefficient (Wildman–Crippen LogP) is -0.385. The fourth-order valence-corrected chi connectivity index (χ4v) is 1.93. The van der Waals surface area contributed by atoms with Crippen molar-refractivity contribution in [2.45, 2.75) is 26.4 Å². The summed E-state index contributed by atoms with van der Waals surface area (Å²) in [7, 11) is 0. The Kier molecular flexibility index (Phi) is 2.54.